The maximum absolute atomic E-state index is 11.9. The zero-order chi connectivity index (χ0) is 14.3. The van der Waals surface area contributed by atoms with E-state index in [9.17, 15) is 4.79 Å². The van der Waals surface area contributed by atoms with Gasteiger partial charge in [-0.25, -0.2) is 0 Å². The quantitative estimate of drug-likeness (QED) is 0.781. The van der Waals surface area contributed by atoms with Gasteiger partial charge in [-0.3, -0.25) is 4.79 Å². The molecule has 19 heavy (non-hydrogen) atoms. The topological polar surface area (TPSA) is 64.3 Å². The molecular weight excluding hydrogens is 240 g/mol. The van der Waals surface area contributed by atoms with Gasteiger partial charge in [0.2, 0.25) is 5.91 Å². The lowest BCUT2D eigenvalue weighted by Gasteiger charge is -2.21. The summed E-state index contributed by atoms with van der Waals surface area (Å²) in [6.07, 6.45) is 0.569. The number of carbonyl (C=O) groups is 1. The van der Waals surface area contributed by atoms with Crippen molar-refractivity contribution in [3.63, 3.8) is 0 Å². The summed E-state index contributed by atoms with van der Waals surface area (Å²) in [4.78, 5) is 11.9. The average molecular weight is 264 g/mol. The first kappa shape index (κ1) is 15.7. The van der Waals surface area contributed by atoms with Crippen molar-refractivity contribution in [1.82, 2.24) is 5.32 Å². The molecule has 0 saturated carbocycles. The minimum atomic E-state index is -0.521. The number of nitrogens with two attached hydrogens (primary N) is 1. The van der Waals surface area contributed by atoms with Crippen molar-refractivity contribution >= 4 is 5.91 Å². The Morgan fingerprint density at radius 1 is 1.32 bits per heavy atom. The molecule has 0 aliphatic carbocycles. The summed E-state index contributed by atoms with van der Waals surface area (Å²) in [5.41, 5.74) is 6.97. The SMILES string of the molecule is COC(CNC(=O)[C@@H](N)Cc1ccccc1)C(C)C. The Hall–Kier alpha value is -1.39. The molecule has 0 spiro atoms. The Labute approximate surface area is 115 Å². The molecule has 4 heteroatoms. The van der Waals surface area contributed by atoms with Crippen LogP contribution in [0.2, 0.25) is 0 Å². The molecule has 1 amide bonds. The number of benzene rings is 1. The van der Waals surface area contributed by atoms with Gasteiger partial charge < -0.3 is 15.8 Å². The molecule has 0 aliphatic rings. The van der Waals surface area contributed by atoms with Crippen LogP contribution in [0.3, 0.4) is 0 Å². The van der Waals surface area contributed by atoms with Gasteiger partial charge in [0.1, 0.15) is 0 Å². The standard InChI is InChI=1S/C15H24N2O2/c1-11(2)14(19-3)10-17-15(18)13(16)9-12-7-5-4-6-8-12/h4-8,11,13-14H,9-10,16H2,1-3H3,(H,17,18)/t13-,14?/m0/s1. The smallest absolute Gasteiger partial charge is 0.237 e. The predicted octanol–water partition coefficient (Wildman–Crippen LogP) is 1.34. The Morgan fingerprint density at radius 3 is 2.47 bits per heavy atom. The van der Waals surface area contributed by atoms with Gasteiger partial charge in [-0.05, 0) is 17.9 Å². The van der Waals surface area contributed by atoms with E-state index in [2.05, 4.69) is 19.2 Å². The van der Waals surface area contributed by atoms with E-state index in [1.807, 2.05) is 30.3 Å². The van der Waals surface area contributed by atoms with Crippen LogP contribution in [0.4, 0.5) is 0 Å². The zero-order valence-corrected chi connectivity index (χ0v) is 11.9. The number of ether oxygens (including phenoxy) is 1. The monoisotopic (exact) mass is 264 g/mol. The molecule has 3 N–H and O–H groups in total. The first-order valence-corrected chi connectivity index (χ1v) is 6.64. The molecule has 0 saturated heterocycles. The van der Waals surface area contributed by atoms with E-state index in [1.54, 1.807) is 7.11 Å². The van der Waals surface area contributed by atoms with Crippen molar-refractivity contribution in [2.75, 3.05) is 13.7 Å². The highest BCUT2D eigenvalue weighted by Gasteiger charge is 2.17. The maximum atomic E-state index is 11.9. The minimum absolute atomic E-state index is 0.0212. The molecule has 0 bridgehead atoms. The third-order valence-electron chi connectivity index (χ3n) is 3.16. The van der Waals surface area contributed by atoms with Crippen LogP contribution in [0.15, 0.2) is 30.3 Å². The van der Waals surface area contributed by atoms with Crippen molar-refractivity contribution < 1.29 is 9.53 Å². The molecule has 1 unspecified atom stereocenters. The fraction of sp³-hybridized carbons (Fsp3) is 0.533. The first-order valence-electron chi connectivity index (χ1n) is 6.64. The molecule has 0 aromatic heterocycles. The lowest BCUT2D eigenvalue weighted by atomic mass is 10.1. The van der Waals surface area contributed by atoms with E-state index in [1.165, 1.54) is 0 Å². The van der Waals surface area contributed by atoms with Crippen LogP contribution in [-0.2, 0) is 16.0 Å². The van der Waals surface area contributed by atoms with Crippen LogP contribution in [0.25, 0.3) is 0 Å². The van der Waals surface area contributed by atoms with Crippen molar-refractivity contribution in [1.29, 1.82) is 0 Å². The van der Waals surface area contributed by atoms with E-state index in [4.69, 9.17) is 10.5 Å². The van der Waals surface area contributed by atoms with Crippen molar-refractivity contribution in [3.8, 4) is 0 Å². The van der Waals surface area contributed by atoms with Gasteiger partial charge in [-0.15, -0.1) is 0 Å². The van der Waals surface area contributed by atoms with Gasteiger partial charge in [0.25, 0.3) is 0 Å². The fourth-order valence-electron chi connectivity index (χ4n) is 1.88. The number of rotatable bonds is 7. The van der Waals surface area contributed by atoms with Crippen LogP contribution < -0.4 is 11.1 Å². The highest BCUT2D eigenvalue weighted by molar-refractivity contribution is 5.81. The predicted molar refractivity (Wildman–Crippen MR) is 76.8 cm³/mol. The summed E-state index contributed by atoms with van der Waals surface area (Å²) < 4.78 is 5.30. The van der Waals surface area contributed by atoms with E-state index >= 15 is 0 Å². The second-order valence-corrected chi connectivity index (χ2v) is 5.06. The summed E-state index contributed by atoms with van der Waals surface area (Å²) >= 11 is 0. The van der Waals surface area contributed by atoms with Gasteiger partial charge in [-0.1, -0.05) is 44.2 Å². The van der Waals surface area contributed by atoms with Gasteiger partial charge in [0.15, 0.2) is 0 Å². The van der Waals surface area contributed by atoms with Crippen molar-refractivity contribution in [3.05, 3.63) is 35.9 Å². The number of nitrogens with one attached hydrogen (secondary N) is 1. The van der Waals surface area contributed by atoms with Crippen LogP contribution in [0.5, 0.6) is 0 Å². The zero-order valence-electron chi connectivity index (χ0n) is 11.9. The number of hydrogen-bond acceptors (Lipinski definition) is 3. The summed E-state index contributed by atoms with van der Waals surface area (Å²) in [6, 6.07) is 9.26. The number of methoxy groups -OCH3 is 1. The lowest BCUT2D eigenvalue weighted by molar-refractivity contribution is -0.123. The van der Waals surface area contributed by atoms with Gasteiger partial charge in [0, 0.05) is 13.7 Å². The Morgan fingerprint density at radius 2 is 1.95 bits per heavy atom. The van der Waals surface area contributed by atoms with Gasteiger partial charge >= 0.3 is 0 Å². The van der Waals surface area contributed by atoms with Crippen LogP contribution >= 0.6 is 0 Å². The molecule has 0 fully saturated rings. The molecule has 0 heterocycles. The van der Waals surface area contributed by atoms with E-state index < -0.39 is 6.04 Å². The van der Waals surface area contributed by atoms with E-state index in [0.717, 1.165) is 5.56 Å². The fourth-order valence-corrected chi connectivity index (χ4v) is 1.88. The van der Waals surface area contributed by atoms with Crippen LogP contribution in [0.1, 0.15) is 19.4 Å². The summed E-state index contributed by atoms with van der Waals surface area (Å²) in [5, 5.41) is 2.85. The third kappa shape index (κ3) is 5.41. The Balaban J connectivity index is 2.41. The first-order chi connectivity index (χ1) is 9.04. The van der Waals surface area contributed by atoms with E-state index in [-0.39, 0.29) is 12.0 Å². The minimum Gasteiger partial charge on any atom is -0.379 e. The second-order valence-electron chi connectivity index (χ2n) is 5.06. The van der Waals surface area contributed by atoms with Gasteiger partial charge in [0.05, 0.1) is 12.1 Å². The average Bonchev–Trinajstić information content (AvgIpc) is 2.39. The molecule has 0 radical (unpaired) electrons. The van der Waals surface area contributed by atoms with Gasteiger partial charge in [-0.2, -0.15) is 0 Å². The molecule has 1 rings (SSSR count). The molecular formula is C15H24N2O2. The van der Waals surface area contributed by atoms with Crippen molar-refractivity contribution in [2.45, 2.75) is 32.4 Å². The van der Waals surface area contributed by atoms with Crippen LogP contribution in [0, 0.1) is 5.92 Å². The van der Waals surface area contributed by atoms with E-state index in [0.29, 0.717) is 18.9 Å². The normalized spacial score (nSPS) is 14.2. The lowest BCUT2D eigenvalue weighted by Crippen LogP contribution is -2.45. The molecule has 2 atom stereocenters. The Bertz CT molecular complexity index is 379. The summed E-state index contributed by atoms with van der Waals surface area (Å²) in [5.74, 6) is 0.224. The molecule has 106 valence electrons. The maximum Gasteiger partial charge on any atom is 0.237 e. The molecule has 1 aromatic rings. The number of hydrogen-bond donors (Lipinski definition) is 2. The summed E-state index contributed by atoms with van der Waals surface area (Å²) in [6.45, 7) is 4.62. The molecule has 0 aliphatic heterocycles. The van der Waals surface area contributed by atoms with Crippen LogP contribution in [-0.4, -0.2) is 31.7 Å². The summed E-state index contributed by atoms with van der Waals surface area (Å²) in [7, 11) is 1.65. The largest absolute Gasteiger partial charge is 0.379 e. The second kappa shape index (κ2) is 7.92. The highest BCUT2D eigenvalue weighted by Crippen LogP contribution is 2.05. The number of carbonyl (C=O) groups excluding carboxylic acids is 1. The van der Waals surface area contributed by atoms with Crippen molar-refractivity contribution in [2.24, 2.45) is 11.7 Å². The Kier molecular flexibility index (Phi) is 6.53. The molecule has 4 nitrogen and oxygen atoms in total. The molecule has 1 aromatic carbocycles. The number of amides is 1. The highest BCUT2D eigenvalue weighted by atomic mass is 16.5. The third-order valence-corrected chi connectivity index (χ3v) is 3.16.